The minimum absolute atomic E-state index is 0.164. The Balaban J connectivity index is 1.36. The average molecular weight is 543 g/mol. The molecule has 0 unspecified atom stereocenters. The predicted octanol–water partition coefficient (Wildman–Crippen LogP) is 7.05. The fraction of sp³-hybridized carbons (Fsp3) is 0.0741. The number of amides is 1. The maximum atomic E-state index is 12.9. The Kier molecular flexibility index (Phi) is 7.89. The first-order chi connectivity index (χ1) is 17.6. The second-order valence-electron chi connectivity index (χ2n) is 7.96. The van der Waals surface area contributed by atoms with E-state index in [-0.39, 0.29) is 16.5 Å². The fourth-order valence-electron chi connectivity index (χ4n) is 3.33. The number of anilines is 2. The summed E-state index contributed by atoms with van der Waals surface area (Å²) in [5.41, 5.74) is 0.697. The van der Waals surface area contributed by atoms with Gasteiger partial charge in [-0.1, -0.05) is 36.4 Å². The standard InChI is InChI=1S/C27H21F3N2O3S2/c28-27(29,30)21-5-4-6-23(17-21)32-37(34,35)25-15-13-22(14-16-25)31-26(33)20-11-9-19(10-12-20)18-36-24-7-2-1-3-8-24/h1-17,32H,18H2,(H,31,33). The number of alkyl halides is 3. The molecule has 4 aromatic carbocycles. The summed E-state index contributed by atoms with van der Waals surface area (Å²) in [4.78, 5) is 13.6. The molecule has 10 heteroatoms. The van der Waals surface area contributed by atoms with Crippen molar-refractivity contribution in [3.8, 4) is 0 Å². The molecule has 0 spiro atoms. The van der Waals surface area contributed by atoms with Crippen molar-refractivity contribution in [3.05, 3.63) is 120 Å². The quantitative estimate of drug-likeness (QED) is 0.234. The Hall–Kier alpha value is -3.76. The van der Waals surface area contributed by atoms with Gasteiger partial charge in [0.25, 0.3) is 15.9 Å². The van der Waals surface area contributed by atoms with E-state index < -0.39 is 21.8 Å². The number of hydrogen-bond donors (Lipinski definition) is 2. The van der Waals surface area contributed by atoms with E-state index in [9.17, 15) is 26.4 Å². The van der Waals surface area contributed by atoms with Crippen LogP contribution in [0.2, 0.25) is 0 Å². The normalized spacial score (nSPS) is 11.6. The van der Waals surface area contributed by atoms with Gasteiger partial charge < -0.3 is 5.32 Å². The Morgan fingerprint density at radius 2 is 1.46 bits per heavy atom. The summed E-state index contributed by atoms with van der Waals surface area (Å²) in [5.74, 6) is 0.399. The first kappa shape index (κ1) is 26.3. The van der Waals surface area contributed by atoms with Gasteiger partial charge in [-0.15, -0.1) is 11.8 Å². The van der Waals surface area contributed by atoms with Crippen molar-refractivity contribution < 1.29 is 26.4 Å². The number of nitrogens with one attached hydrogen (secondary N) is 2. The molecule has 0 aromatic heterocycles. The smallest absolute Gasteiger partial charge is 0.322 e. The van der Waals surface area contributed by atoms with Crippen molar-refractivity contribution >= 4 is 39.1 Å². The van der Waals surface area contributed by atoms with E-state index in [1.165, 1.54) is 30.3 Å². The number of benzene rings is 4. The fourth-order valence-corrected chi connectivity index (χ4v) is 5.25. The zero-order valence-electron chi connectivity index (χ0n) is 19.2. The van der Waals surface area contributed by atoms with Crippen LogP contribution in [-0.4, -0.2) is 14.3 Å². The van der Waals surface area contributed by atoms with Gasteiger partial charge in [-0.05, 0) is 72.3 Å². The van der Waals surface area contributed by atoms with E-state index in [2.05, 4.69) is 10.0 Å². The van der Waals surface area contributed by atoms with Crippen LogP contribution in [0.25, 0.3) is 0 Å². The Morgan fingerprint density at radius 1 is 0.784 bits per heavy atom. The molecule has 0 aliphatic carbocycles. The summed E-state index contributed by atoms with van der Waals surface area (Å²) in [6.07, 6.45) is -4.59. The summed E-state index contributed by atoms with van der Waals surface area (Å²) in [5, 5.41) is 2.70. The van der Waals surface area contributed by atoms with E-state index in [1.807, 2.05) is 42.5 Å². The summed E-state index contributed by atoms with van der Waals surface area (Å²) in [7, 11) is -4.14. The molecule has 2 N–H and O–H groups in total. The number of sulfonamides is 1. The van der Waals surface area contributed by atoms with Crippen molar-refractivity contribution in [3.63, 3.8) is 0 Å². The zero-order chi connectivity index (χ0) is 26.5. The van der Waals surface area contributed by atoms with Gasteiger partial charge in [0, 0.05) is 27.6 Å². The third-order valence-electron chi connectivity index (χ3n) is 5.23. The van der Waals surface area contributed by atoms with Crippen molar-refractivity contribution in [2.75, 3.05) is 10.0 Å². The van der Waals surface area contributed by atoms with Crippen molar-refractivity contribution in [2.45, 2.75) is 21.7 Å². The molecular formula is C27H21F3N2O3S2. The van der Waals surface area contributed by atoms with E-state index in [0.29, 0.717) is 11.3 Å². The molecule has 190 valence electrons. The number of rotatable bonds is 8. The lowest BCUT2D eigenvalue weighted by molar-refractivity contribution is -0.137. The van der Waals surface area contributed by atoms with Crippen LogP contribution in [0.3, 0.4) is 0 Å². The molecular weight excluding hydrogens is 521 g/mol. The highest BCUT2D eigenvalue weighted by Gasteiger charge is 2.30. The maximum absolute atomic E-state index is 12.9. The molecule has 0 heterocycles. The molecule has 0 aliphatic rings. The molecule has 0 saturated heterocycles. The first-order valence-electron chi connectivity index (χ1n) is 11.0. The predicted molar refractivity (Wildman–Crippen MR) is 139 cm³/mol. The monoisotopic (exact) mass is 542 g/mol. The second kappa shape index (κ2) is 11.1. The Bertz CT molecular complexity index is 1470. The Labute approximate surface area is 216 Å². The lowest BCUT2D eigenvalue weighted by Crippen LogP contribution is -2.15. The molecule has 5 nitrogen and oxygen atoms in total. The van der Waals surface area contributed by atoms with Crippen LogP contribution in [0, 0.1) is 0 Å². The van der Waals surface area contributed by atoms with E-state index in [1.54, 1.807) is 23.9 Å². The number of carbonyl (C=O) groups is 1. The number of halogens is 3. The van der Waals surface area contributed by atoms with Crippen LogP contribution >= 0.6 is 11.8 Å². The molecule has 0 saturated carbocycles. The van der Waals surface area contributed by atoms with Gasteiger partial charge in [0.05, 0.1) is 10.5 Å². The minimum atomic E-state index is -4.59. The van der Waals surface area contributed by atoms with Gasteiger partial charge in [-0.25, -0.2) is 8.42 Å². The topological polar surface area (TPSA) is 75.3 Å². The molecule has 37 heavy (non-hydrogen) atoms. The Morgan fingerprint density at radius 3 is 2.11 bits per heavy atom. The van der Waals surface area contributed by atoms with Crippen LogP contribution in [-0.2, 0) is 22.0 Å². The van der Waals surface area contributed by atoms with Gasteiger partial charge in [-0.2, -0.15) is 13.2 Å². The molecule has 0 aliphatic heterocycles. The minimum Gasteiger partial charge on any atom is -0.322 e. The van der Waals surface area contributed by atoms with Crippen LogP contribution in [0.5, 0.6) is 0 Å². The van der Waals surface area contributed by atoms with Gasteiger partial charge in [0.2, 0.25) is 0 Å². The first-order valence-corrected chi connectivity index (χ1v) is 13.5. The highest BCUT2D eigenvalue weighted by molar-refractivity contribution is 7.98. The van der Waals surface area contributed by atoms with Gasteiger partial charge >= 0.3 is 6.18 Å². The highest BCUT2D eigenvalue weighted by Crippen LogP contribution is 2.31. The summed E-state index contributed by atoms with van der Waals surface area (Å²) in [6, 6.07) is 26.4. The van der Waals surface area contributed by atoms with Crippen molar-refractivity contribution in [1.29, 1.82) is 0 Å². The van der Waals surface area contributed by atoms with Gasteiger partial charge in [0.15, 0.2) is 0 Å². The average Bonchev–Trinajstić information content (AvgIpc) is 2.88. The van der Waals surface area contributed by atoms with Crippen LogP contribution < -0.4 is 10.0 Å². The van der Waals surface area contributed by atoms with E-state index >= 15 is 0 Å². The van der Waals surface area contributed by atoms with Gasteiger partial charge in [-0.3, -0.25) is 9.52 Å². The summed E-state index contributed by atoms with van der Waals surface area (Å²) < 4.78 is 66.1. The number of hydrogen-bond acceptors (Lipinski definition) is 4. The van der Waals surface area contributed by atoms with Crippen molar-refractivity contribution in [1.82, 2.24) is 0 Å². The maximum Gasteiger partial charge on any atom is 0.416 e. The molecule has 4 rings (SSSR count). The number of thioether (sulfide) groups is 1. The van der Waals surface area contributed by atoms with Crippen LogP contribution in [0.4, 0.5) is 24.5 Å². The lowest BCUT2D eigenvalue weighted by Gasteiger charge is -2.12. The van der Waals surface area contributed by atoms with Gasteiger partial charge in [0.1, 0.15) is 0 Å². The highest BCUT2D eigenvalue weighted by atomic mass is 32.2. The lowest BCUT2D eigenvalue weighted by atomic mass is 10.1. The van der Waals surface area contributed by atoms with Crippen molar-refractivity contribution in [2.24, 2.45) is 0 Å². The zero-order valence-corrected chi connectivity index (χ0v) is 20.8. The van der Waals surface area contributed by atoms with E-state index in [4.69, 9.17) is 0 Å². The SMILES string of the molecule is O=C(Nc1ccc(S(=O)(=O)Nc2cccc(C(F)(F)F)c2)cc1)c1ccc(CSc2ccccc2)cc1. The summed E-state index contributed by atoms with van der Waals surface area (Å²) in [6.45, 7) is 0. The molecule has 0 bridgehead atoms. The molecule has 1 amide bonds. The second-order valence-corrected chi connectivity index (χ2v) is 10.7. The van der Waals surface area contributed by atoms with E-state index in [0.717, 1.165) is 34.4 Å². The third kappa shape index (κ3) is 7.14. The molecule has 0 fully saturated rings. The largest absolute Gasteiger partial charge is 0.416 e. The third-order valence-corrected chi connectivity index (χ3v) is 7.71. The van der Waals surface area contributed by atoms with Crippen LogP contribution in [0.15, 0.2) is 113 Å². The van der Waals surface area contributed by atoms with Crippen LogP contribution in [0.1, 0.15) is 21.5 Å². The molecule has 4 aromatic rings. The molecule has 0 atom stereocenters. The molecule has 0 radical (unpaired) electrons. The number of carbonyl (C=O) groups excluding carboxylic acids is 1. The summed E-state index contributed by atoms with van der Waals surface area (Å²) >= 11 is 1.69.